The first-order valence-corrected chi connectivity index (χ1v) is 3.95. The monoisotopic (exact) mass is 180 g/mol. The molecular formula is C10H12O3. The van der Waals surface area contributed by atoms with Crippen LogP contribution in [-0.4, -0.2) is 18.0 Å². The molecule has 0 radical (unpaired) electrons. The Morgan fingerprint density at radius 3 is 2.54 bits per heavy atom. The minimum atomic E-state index is -0.158. The minimum absolute atomic E-state index is 0.00537. The van der Waals surface area contributed by atoms with Crippen LogP contribution < -0.4 is 4.74 Å². The molecule has 0 saturated heterocycles. The molecule has 1 N–H and O–H groups in total. The van der Waals surface area contributed by atoms with E-state index in [4.69, 9.17) is 4.74 Å². The number of Topliss-reactive ketones (excluding diaryl/α,β-unsaturated/α-hetero) is 1. The quantitative estimate of drug-likeness (QED) is 0.707. The molecule has 3 nitrogen and oxygen atoms in total. The molecule has 0 aliphatic carbocycles. The lowest BCUT2D eigenvalue weighted by Crippen LogP contribution is -1.99. The number of carbonyl (C=O) groups is 1. The molecule has 0 spiro atoms. The molecule has 0 unspecified atom stereocenters. The molecule has 0 heterocycles. The van der Waals surface area contributed by atoms with E-state index in [1.54, 1.807) is 13.0 Å². The molecule has 0 saturated carbocycles. The Morgan fingerprint density at radius 1 is 1.46 bits per heavy atom. The zero-order valence-corrected chi connectivity index (χ0v) is 7.92. The Kier molecular flexibility index (Phi) is 2.56. The van der Waals surface area contributed by atoms with E-state index >= 15 is 0 Å². The normalized spacial score (nSPS) is 9.77. The maximum Gasteiger partial charge on any atom is 0.163 e. The van der Waals surface area contributed by atoms with E-state index in [0.717, 1.165) is 0 Å². The lowest BCUT2D eigenvalue weighted by Gasteiger charge is -2.09. The number of benzene rings is 1. The number of methoxy groups -OCH3 is 1. The van der Waals surface area contributed by atoms with Crippen LogP contribution in [0.3, 0.4) is 0 Å². The van der Waals surface area contributed by atoms with Crippen molar-refractivity contribution in [2.24, 2.45) is 0 Å². The number of phenolic OH excluding ortho intramolecular Hbond substituents is 1. The summed E-state index contributed by atoms with van der Waals surface area (Å²) in [5.74, 6) is 0.461. The van der Waals surface area contributed by atoms with E-state index in [1.807, 2.05) is 0 Å². The van der Waals surface area contributed by atoms with Gasteiger partial charge in [0.1, 0.15) is 11.5 Å². The van der Waals surface area contributed by atoms with Crippen molar-refractivity contribution in [3.8, 4) is 11.5 Å². The Morgan fingerprint density at radius 2 is 2.08 bits per heavy atom. The molecular weight excluding hydrogens is 168 g/mol. The van der Waals surface area contributed by atoms with Gasteiger partial charge in [-0.05, 0) is 26.0 Å². The van der Waals surface area contributed by atoms with Crippen molar-refractivity contribution in [3.63, 3.8) is 0 Å². The predicted octanol–water partition coefficient (Wildman–Crippen LogP) is 1.91. The molecule has 0 aromatic heterocycles. The van der Waals surface area contributed by atoms with Gasteiger partial charge in [-0.1, -0.05) is 0 Å². The van der Waals surface area contributed by atoms with E-state index in [9.17, 15) is 9.90 Å². The Hall–Kier alpha value is -1.51. The van der Waals surface area contributed by atoms with Crippen LogP contribution >= 0.6 is 0 Å². The zero-order valence-electron chi connectivity index (χ0n) is 7.92. The summed E-state index contributed by atoms with van der Waals surface area (Å²) in [7, 11) is 1.53. The number of aromatic hydroxyl groups is 1. The van der Waals surface area contributed by atoms with Crippen LogP contribution in [0.2, 0.25) is 0 Å². The van der Waals surface area contributed by atoms with E-state index in [-0.39, 0.29) is 11.5 Å². The summed E-state index contributed by atoms with van der Waals surface area (Å²) in [5, 5.41) is 9.41. The molecule has 0 fully saturated rings. The van der Waals surface area contributed by atoms with Gasteiger partial charge in [0, 0.05) is 5.56 Å². The SMILES string of the molecule is COc1ccc(O)c(C(C)=O)c1C. The van der Waals surface area contributed by atoms with E-state index in [0.29, 0.717) is 16.9 Å². The van der Waals surface area contributed by atoms with Crippen molar-refractivity contribution in [1.29, 1.82) is 0 Å². The third-order valence-electron chi connectivity index (χ3n) is 1.97. The lowest BCUT2D eigenvalue weighted by molar-refractivity contribution is 0.101. The third kappa shape index (κ3) is 1.64. The molecule has 0 aliphatic heterocycles. The Labute approximate surface area is 77.0 Å². The van der Waals surface area contributed by atoms with Crippen molar-refractivity contribution >= 4 is 5.78 Å². The highest BCUT2D eigenvalue weighted by Crippen LogP contribution is 2.28. The lowest BCUT2D eigenvalue weighted by atomic mass is 10.0. The summed E-state index contributed by atoms with van der Waals surface area (Å²) in [4.78, 5) is 11.1. The van der Waals surface area contributed by atoms with Gasteiger partial charge in [0.2, 0.25) is 0 Å². The fraction of sp³-hybridized carbons (Fsp3) is 0.300. The maximum atomic E-state index is 11.1. The van der Waals surface area contributed by atoms with Gasteiger partial charge >= 0.3 is 0 Å². The molecule has 3 heteroatoms. The van der Waals surface area contributed by atoms with Crippen molar-refractivity contribution in [2.75, 3.05) is 7.11 Å². The zero-order chi connectivity index (χ0) is 10.0. The van der Waals surface area contributed by atoms with Gasteiger partial charge in [-0.25, -0.2) is 0 Å². The first-order valence-electron chi connectivity index (χ1n) is 3.95. The van der Waals surface area contributed by atoms with Crippen molar-refractivity contribution in [3.05, 3.63) is 23.3 Å². The van der Waals surface area contributed by atoms with Gasteiger partial charge in [-0.15, -0.1) is 0 Å². The second kappa shape index (κ2) is 3.47. The first-order chi connectivity index (χ1) is 6.07. The largest absolute Gasteiger partial charge is 0.507 e. The van der Waals surface area contributed by atoms with Crippen molar-refractivity contribution in [2.45, 2.75) is 13.8 Å². The van der Waals surface area contributed by atoms with E-state index in [2.05, 4.69) is 0 Å². The van der Waals surface area contributed by atoms with E-state index in [1.165, 1.54) is 20.1 Å². The van der Waals surface area contributed by atoms with Gasteiger partial charge in [0.15, 0.2) is 5.78 Å². The molecule has 0 atom stereocenters. The standard InChI is InChI=1S/C10H12O3/c1-6-9(13-3)5-4-8(12)10(6)7(2)11/h4-5,12H,1-3H3. The molecule has 1 aromatic carbocycles. The second-order valence-electron chi connectivity index (χ2n) is 2.84. The fourth-order valence-electron chi connectivity index (χ4n) is 1.34. The van der Waals surface area contributed by atoms with Gasteiger partial charge in [-0.2, -0.15) is 0 Å². The molecule has 1 rings (SSSR count). The van der Waals surface area contributed by atoms with Crippen LogP contribution in [0.5, 0.6) is 11.5 Å². The summed E-state index contributed by atoms with van der Waals surface area (Å²) >= 11 is 0. The van der Waals surface area contributed by atoms with Crippen molar-refractivity contribution in [1.82, 2.24) is 0 Å². The minimum Gasteiger partial charge on any atom is -0.507 e. The number of ketones is 1. The summed E-state index contributed by atoms with van der Waals surface area (Å²) in [6, 6.07) is 3.10. The molecule has 0 amide bonds. The van der Waals surface area contributed by atoms with Gasteiger partial charge in [-0.3, -0.25) is 4.79 Å². The maximum absolute atomic E-state index is 11.1. The summed E-state index contributed by atoms with van der Waals surface area (Å²) in [5.41, 5.74) is 1.01. The first kappa shape index (κ1) is 9.58. The highest BCUT2D eigenvalue weighted by atomic mass is 16.5. The summed E-state index contributed by atoms with van der Waals surface area (Å²) in [6.07, 6.45) is 0. The summed E-state index contributed by atoms with van der Waals surface area (Å²) < 4.78 is 5.03. The number of carbonyl (C=O) groups excluding carboxylic acids is 1. The van der Waals surface area contributed by atoms with E-state index < -0.39 is 0 Å². The average Bonchev–Trinajstić information content (AvgIpc) is 2.04. The molecule has 70 valence electrons. The fourth-order valence-corrected chi connectivity index (χ4v) is 1.34. The number of hydrogen-bond donors (Lipinski definition) is 1. The highest BCUT2D eigenvalue weighted by Gasteiger charge is 2.13. The van der Waals surface area contributed by atoms with Crippen LogP contribution in [0, 0.1) is 6.92 Å². The molecule has 0 aliphatic rings. The number of phenols is 1. The molecule has 1 aromatic rings. The van der Waals surface area contributed by atoms with Crippen molar-refractivity contribution < 1.29 is 14.6 Å². The second-order valence-corrected chi connectivity index (χ2v) is 2.84. The van der Waals surface area contributed by atoms with Gasteiger partial charge < -0.3 is 9.84 Å². The average molecular weight is 180 g/mol. The highest BCUT2D eigenvalue weighted by molar-refractivity contribution is 5.98. The van der Waals surface area contributed by atoms with Crippen LogP contribution in [0.15, 0.2) is 12.1 Å². The van der Waals surface area contributed by atoms with Crippen LogP contribution in [-0.2, 0) is 0 Å². The Bertz CT molecular complexity index is 342. The number of rotatable bonds is 2. The summed E-state index contributed by atoms with van der Waals surface area (Å²) in [6.45, 7) is 3.16. The number of hydrogen-bond acceptors (Lipinski definition) is 3. The molecule has 13 heavy (non-hydrogen) atoms. The predicted molar refractivity (Wildman–Crippen MR) is 49.4 cm³/mol. The van der Waals surface area contributed by atoms with Crippen LogP contribution in [0.25, 0.3) is 0 Å². The van der Waals surface area contributed by atoms with Gasteiger partial charge in [0.05, 0.1) is 12.7 Å². The van der Waals surface area contributed by atoms with Crippen LogP contribution in [0.1, 0.15) is 22.8 Å². The number of ether oxygens (including phenoxy) is 1. The van der Waals surface area contributed by atoms with Crippen LogP contribution in [0.4, 0.5) is 0 Å². The molecule has 0 bridgehead atoms. The smallest absolute Gasteiger partial charge is 0.163 e. The topological polar surface area (TPSA) is 46.5 Å². The third-order valence-corrected chi connectivity index (χ3v) is 1.97. The van der Waals surface area contributed by atoms with Gasteiger partial charge in [0.25, 0.3) is 0 Å². The Balaban J connectivity index is 3.38.